The van der Waals surface area contributed by atoms with E-state index < -0.39 is 0 Å². The van der Waals surface area contributed by atoms with Crippen molar-refractivity contribution in [2.75, 3.05) is 0 Å². The van der Waals surface area contributed by atoms with Crippen LogP contribution in [0, 0.1) is 0 Å². The van der Waals surface area contributed by atoms with E-state index in [1.807, 2.05) is 30.3 Å². The normalized spacial score (nSPS) is 10.3. The first-order chi connectivity index (χ1) is 8.19. The van der Waals surface area contributed by atoms with Gasteiger partial charge in [-0.1, -0.05) is 33.6 Å². The number of rotatable bonds is 3. The number of benzene rings is 2. The first-order valence-corrected chi connectivity index (χ1v) is 6.67. The molecule has 0 aliphatic heterocycles. The molecule has 2 aromatic carbocycles. The zero-order valence-corrected chi connectivity index (χ0v) is 11.9. The van der Waals surface area contributed by atoms with Crippen LogP contribution in [0.25, 0.3) is 0 Å². The second kappa shape index (κ2) is 5.76. The molecule has 0 heterocycles. The Bertz CT molecular complexity index is 511. The van der Waals surface area contributed by atoms with Gasteiger partial charge < -0.3 is 4.74 Å². The van der Waals surface area contributed by atoms with E-state index in [4.69, 9.17) is 27.9 Å². The lowest BCUT2D eigenvalue weighted by Crippen LogP contribution is -1.86. The van der Waals surface area contributed by atoms with Crippen molar-refractivity contribution < 1.29 is 4.74 Å². The van der Waals surface area contributed by atoms with Crippen LogP contribution in [0.5, 0.6) is 11.5 Å². The Kier molecular flexibility index (Phi) is 4.32. The largest absolute Gasteiger partial charge is 0.457 e. The maximum absolute atomic E-state index is 5.80. The molecule has 88 valence electrons. The molecule has 0 bridgehead atoms. The molecule has 0 spiro atoms. The second-order valence-corrected chi connectivity index (χ2v) is 5.00. The minimum absolute atomic E-state index is 0.474. The van der Waals surface area contributed by atoms with Gasteiger partial charge in [0, 0.05) is 15.4 Å². The Balaban J connectivity index is 2.19. The van der Waals surface area contributed by atoms with E-state index in [9.17, 15) is 0 Å². The van der Waals surface area contributed by atoms with Crippen molar-refractivity contribution in [2.24, 2.45) is 0 Å². The number of hydrogen-bond donors (Lipinski definition) is 0. The summed E-state index contributed by atoms with van der Waals surface area (Å²) >= 11 is 15.0. The monoisotopic (exact) mass is 330 g/mol. The Morgan fingerprint density at radius 1 is 1.00 bits per heavy atom. The van der Waals surface area contributed by atoms with Crippen LogP contribution >= 0.6 is 39.1 Å². The van der Waals surface area contributed by atoms with Gasteiger partial charge in [-0.25, -0.2) is 0 Å². The van der Waals surface area contributed by atoms with Crippen molar-refractivity contribution in [3.05, 3.63) is 57.5 Å². The summed E-state index contributed by atoms with van der Waals surface area (Å²) in [6.07, 6.45) is 0. The van der Waals surface area contributed by atoms with Gasteiger partial charge in [-0.3, -0.25) is 0 Å². The third kappa shape index (κ3) is 3.38. The van der Waals surface area contributed by atoms with Crippen LogP contribution in [0.3, 0.4) is 0 Å². The summed E-state index contributed by atoms with van der Waals surface area (Å²) in [5.41, 5.74) is 1.04. The molecule has 17 heavy (non-hydrogen) atoms. The van der Waals surface area contributed by atoms with Gasteiger partial charge in [0.2, 0.25) is 0 Å². The molecule has 2 aromatic rings. The summed E-state index contributed by atoms with van der Waals surface area (Å²) in [7, 11) is 0. The molecular formula is C13H9BrCl2O. The average molecular weight is 332 g/mol. The maximum Gasteiger partial charge on any atom is 0.128 e. The van der Waals surface area contributed by atoms with Crippen LogP contribution in [0.1, 0.15) is 5.56 Å². The first kappa shape index (κ1) is 12.7. The van der Waals surface area contributed by atoms with Gasteiger partial charge in [-0.05, 0) is 42.0 Å². The van der Waals surface area contributed by atoms with Gasteiger partial charge in [-0.15, -0.1) is 11.6 Å². The molecular weight excluding hydrogens is 323 g/mol. The standard InChI is InChI=1S/C13H9BrCl2O/c14-13-7-12(4-1-9(13)8-15)17-11-5-2-10(16)3-6-11/h1-7H,8H2. The van der Waals surface area contributed by atoms with Crippen molar-refractivity contribution >= 4 is 39.1 Å². The van der Waals surface area contributed by atoms with Gasteiger partial charge in [0.05, 0.1) is 0 Å². The highest BCUT2D eigenvalue weighted by Gasteiger charge is 2.02. The summed E-state index contributed by atoms with van der Waals surface area (Å²) in [6, 6.07) is 12.9. The van der Waals surface area contributed by atoms with Crippen molar-refractivity contribution in [3.8, 4) is 11.5 Å². The van der Waals surface area contributed by atoms with E-state index in [-0.39, 0.29) is 0 Å². The molecule has 0 N–H and O–H groups in total. The summed E-state index contributed by atoms with van der Waals surface area (Å²) in [5, 5.41) is 0.691. The maximum atomic E-state index is 5.80. The predicted molar refractivity (Wildman–Crippen MR) is 75.2 cm³/mol. The highest BCUT2D eigenvalue weighted by Crippen LogP contribution is 2.28. The van der Waals surface area contributed by atoms with Gasteiger partial charge in [0.1, 0.15) is 11.5 Å². The number of halogens is 3. The van der Waals surface area contributed by atoms with Crippen LogP contribution in [-0.4, -0.2) is 0 Å². The number of hydrogen-bond acceptors (Lipinski definition) is 1. The molecule has 0 fully saturated rings. The first-order valence-electron chi connectivity index (χ1n) is 4.97. The summed E-state index contributed by atoms with van der Waals surface area (Å²) in [6.45, 7) is 0. The van der Waals surface area contributed by atoms with Gasteiger partial charge in [0.15, 0.2) is 0 Å². The summed E-state index contributed by atoms with van der Waals surface area (Å²) in [5.74, 6) is 1.98. The lowest BCUT2D eigenvalue weighted by molar-refractivity contribution is 0.482. The minimum Gasteiger partial charge on any atom is -0.457 e. The number of alkyl halides is 1. The molecule has 4 heteroatoms. The van der Waals surface area contributed by atoms with Crippen LogP contribution < -0.4 is 4.74 Å². The fraction of sp³-hybridized carbons (Fsp3) is 0.0769. The van der Waals surface area contributed by atoms with Crippen molar-refractivity contribution in [3.63, 3.8) is 0 Å². The smallest absolute Gasteiger partial charge is 0.128 e. The third-order valence-corrected chi connectivity index (χ3v) is 3.50. The molecule has 0 unspecified atom stereocenters. The molecule has 0 saturated heterocycles. The van der Waals surface area contributed by atoms with E-state index >= 15 is 0 Å². The lowest BCUT2D eigenvalue weighted by Gasteiger charge is -2.07. The van der Waals surface area contributed by atoms with Gasteiger partial charge in [-0.2, -0.15) is 0 Å². The SMILES string of the molecule is ClCc1ccc(Oc2ccc(Cl)cc2)cc1Br. The van der Waals surface area contributed by atoms with Gasteiger partial charge in [0.25, 0.3) is 0 Å². The molecule has 0 aromatic heterocycles. The minimum atomic E-state index is 0.474. The fourth-order valence-electron chi connectivity index (χ4n) is 1.34. The zero-order valence-electron chi connectivity index (χ0n) is 8.79. The Labute approximate surface area is 118 Å². The van der Waals surface area contributed by atoms with Crippen LogP contribution in [0.15, 0.2) is 46.9 Å². The van der Waals surface area contributed by atoms with Gasteiger partial charge >= 0.3 is 0 Å². The Hall–Kier alpha value is -0.700. The summed E-state index contributed by atoms with van der Waals surface area (Å²) in [4.78, 5) is 0. The van der Waals surface area contributed by atoms with Crippen LogP contribution in [-0.2, 0) is 5.88 Å². The molecule has 0 saturated carbocycles. The Morgan fingerprint density at radius 2 is 1.65 bits per heavy atom. The Morgan fingerprint density at radius 3 is 2.24 bits per heavy atom. The lowest BCUT2D eigenvalue weighted by atomic mass is 10.2. The zero-order chi connectivity index (χ0) is 12.3. The van der Waals surface area contributed by atoms with E-state index in [1.165, 1.54) is 0 Å². The highest BCUT2D eigenvalue weighted by atomic mass is 79.9. The second-order valence-electron chi connectivity index (χ2n) is 3.44. The molecule has 0 amide bonds. The average Bonchev–Trinajstić information content (AvgIpc) is 2.32. The highest BCUT2D eigenvalue weighted by molar-refractivity contribution is 9.10. The van der Waals surface area contributed by atoms with Crippen LogP contribution in [0.2, 0.25) is 5.02 Å². The fourth-order valence-corrected chi connectivity index (χ4v) is 2.36. The van der Waals surface area contributed by atoms with E-state index in [1.54, 1.807) is 12.1 Å². The molecule has 0 aliphatic rings. The van der Waals surface area contributed by atoms with E-state index in [0.29, 0.717) is 10.9 Å². The molecule has 2 rings (SSSR count). The molecule has 0 atom stereocenters. The molecule has 1 nitrogen and oxygen atoms in total. The van der Waals surface area contributed by atoms with E-state index in [2.05, 4.69) is 15.9 Å². The third-order valence-electron chi connectivity index (χ3n) is 2.22. The summed E-state index contributed by atoms with van der Waals surface area (Å²) < 4.78 is 6.63. The quantitative estimate of drug-likeness (QED) is 0.662. The van der Waals surface area contributed by atoms with Crippen molar-refractivity contribution in [2.45, 2.75) is 5.88 Å². The topological polar surface area (TPSA) is 9.23 Å². The van der Waals surface area contributed by atoms with Crippen LogP contribution in [0.4, 0.5) is 0 Å². The van der Waals surface area contributed by atoms with Crippen molar-refractivity contribution in [1.29, 1.82) is 0 Å². The molecule has 0 radical (unpaired) electrons. The molecule has 0 aliphatic carbocycles. The van der Waals surface area contributed by atoms with E-state index in [0.717, 1.165) is 21.5 Å². The number of ether oxygens (including phenoxy) is 1. The predicted octanol–water partition coefficient (Wildman–Crippen LogP) is 5.63. The van der Waals surface area contributed by atoms with Crippen molar-refractivity contribution in [1.82, 2.24) is 0 Å².